The second kappa shape index (κ2) is 3.77. The van der Waals surface area contributed by atoms with Crippen LogP contribution >= 0.6 is 0 Å². The summed E-state index contributed by atoms with van der Waals surface area (Å²) in [6.07, 6.45) is 5.37. The summed E-state index contributed by atoms with van der Waals surface area (Å²) in [6, 6.07) is -0.147. The molecule has 1 aliphatic heterocycles. The lowest BCUT2D eigenvalue weighted by molar-refractivity contribution is -0.140. The van der Waals surface area contributed by atoms with Crippen LogP contribution in [0.1, 0.15) is 19.8 Å². The highest BCUT2D eigenvalue weighted by Gasteiger charge is 2.46. The number of carbonyl (C=O) groups is 2. The molecule has 1 aliphatic carbocycles. The maximum Gasteiger partial charge on any atom is 0.233 e. The summed E-state index contributed by atoms with van der Waals surface area (Å²) in [4.78, 5) is 25.1. The predicted molar refractivity (Wildman–Crippen MR) is 55.7 cm³/mol. The van der Waals surface area contributed by atoms with Gasteiger partial charge in [-0.25, -0.2) is 0 Å². The van der Waals surface area contributed by atoms with Gasteiger partial charge in [-0.1, -0.05) is 12.2 Å². The van der Waals surface area contributed by atoms with Gasteiger partial charge in [-0.3, -0.25) is 14.5 Å². The molecule has 4 nitrogen and oxygen atoms in total. The summed E-state index contributed by atoms with van der Waals surface area (Å²) in [5.41, 5.74) is 5.62. The van der Waals surface area contributed by atoms with Gasteiger partial charge >= 0.3 is 0 Å². The van der Waals surface area contributed by atoms with E-state index in [9.17, 15) is 9.59 Å². The lowest BCUT2D eigenvalue weighted by Crippen LogP contribution is -2.40. The van der Waals surface area contributed by atoms with E-state index in [1.165, 1.54) is 4.90 Å². The number of imide groups is 1. The smallest absolute Gasteiger partial charge is 0.233 e. The number of nitrogens with two attached hydrogens (primary N) is 1. The molecule has 0 radical (unpaired) electrons. The highest BCUT2D eigenvalue weighted by Crippen LogP contribution is 2.34. The molecule has 0 bridgehead atoms. The van der Waals surface area contributed by atoms with Crippen molar-refractivity contribution < 1.29 is 9.59 Å². The van der Waals surface area contributed by atoms with E-state index in [1.807, 2.05) is 12.2 Å². The first kappa shape index (κ1) is 10.4. The van der Waals surface area contributed by atoms with Crippen LogP contribution in [0.5, 0.6) is 0 Å². The fraction of sp³-hybridized carbons (Fsp3) is 0.636. The summed E-state index contributed by atoms with van der Waals surface area (Å²) in [5, 5.41) is 0. The van der Waals surface area contributed by atoms with Crippen molar-refractivity contribution in [3.05, 3.63) is 12.2 Å². The van der Waals surface area contributed by atoms with Crippen LogP contribution in [0.25, 0.3) is 0 Å². The quantitative estimate of drug-likeness (QED) is 0.524. The largest absolute Gasteiger partial charge is 0.326 e. The fourth-order valence-electron chi connectivity index (χ4n) is 2.34. The first-order valence-corrected chi connectivity index (χ1v) is 5.37. The summed E-state index contributed by atoms with van der Waals surface area (Å²) in [6.45, 7) is 2.16. The highest BCUT2D eigenvalue weighted by atomic mass is 16.2. The van der Waals surface area contributed by atoms with Crippen LogP contribution in [-0.4, -0.2) is 29.3 Å². The normalized spacial score (nSPS) is 32.0. The van der Waals surface area contributed by atoms with Gasteiger partial charge in [0.1, 0.15) is 0 Å². The molecule has 0 saturated carbocycles. The summed E-state index contributed by atoms with van der Waals surface area (Å²) in [7, 11) is 0. The molecule has 2 amide bonds. The Balaban J connectivity index is 2.17. The zero-order chi connectivity index (χ0) is 11.0. The summed E-state index contributed by atoms with van der Waals surface area (Å²) in [5.74, 6) is -0.319. The van der Waals surface area contributed by atoms with E-state index in [4.69, 9.17) is 5.73 Å². The minimum absolute atomic E-state index is 0.0355. The van der Waals surface area contributed by atoms with Crippen molar-refractivity contribution in [2.75, 3.05) is 6.54 Å². The number of carbonyl (C=O) groups excluding carboxylic acids is 2. The van der Waals surface area contributed by atoms with Gasteiger partial charge in [0, 0.05) is 12.6 Å². The number of fused-ring (bicyclic) bond motifs is 1. The third-order valence-corrected chi connectivity index (χ3v) is 3.07. The highest BCUT2D eigenvalue weighted by molar-refractivity contribution is 6.05. The predicted octanol–water partition coefficient (Wildman–Crippen LogP) is 0.285. The number of amides is 2. The Morgan fingerprint density at radius 3 is 2.20 bits per heavy atom. The van der Waals surface area contributed by atoms with Crippen molar-refractivity contribution in [3.63, 3.8) is 0 Å². The monoisotopic (exact) mass is 208 g/mol. The van der Waals surface area contributed by atoms with E-state index in [1.54, 1.807) is 6.92 Å². The van der Waals surface area contributed by atoms with Crippen LogP contribution in [0, 0.1) is 11.8 Å². The molecule has 15 heavy (non-hydrogen) atoms. The molecular weight excluding hydrogens is 192 g/mol. The van der Waals surface area contributed by atoms with Gasteiger partial charge < -0.3 is 5.73 Å². The van der Waals surface area contributed by atoms with Gasteiger partial charge in [-0.05, 0) is 19.8 Å². The molecule has 0 aromatic carbocycles. The van der Waals surface area contributed by atoms with Crippen LogP contribution in [-0.2, 0) is 9.59 Å². The van der Waals surface area contributed by atoms with Crippen LogP contribution in [0.3, 0.4) is 0 Å². The number of hydrogen-bond donors (Lipinski definition) is 1. The first-order chi connectivity index (χ1) is 7.11. The average Bonchev–Trinajstić information content (AvgIpc) is 2.44. The van der Waals surface area contributed by atoms with Crippen LogP contribution < -0.4 is 5.73 Å². The summed E-state index contributed by atoms with van der Waals surface area (Å²) < 4.78 is 0. The lowest BCUT2D eigenvalue weighted by Gasteiger charge is -2.16. The molecule has 1 fully saturated rings. The standard InChI is InChI=1S/C11H16N2O2/c1-7(12)6-13-10(14)8-4-2-3-5-9(8)11(13)15/h2-3,7-9H,4-6,12H2,1H3/t7-,8-,9+/m1/s1. The molecule has 3 atom stereocenters. The average molecular weight is 208 g/mol. The molecule has 2 N–H and O–H groups in total. The maximum absolute atomic E-state index is 11.9. The van der Waals surface area contributed by atoms with Crippen LogP contribution in [0.4, 0.5) is 0 Å². The van der Waals surface area contributed by atoms with Crippen molar-refractivity contribution >= 4 is 11.8 Å². The topological polar surface area (TPSA) is 63.4 Å². The third kappa shape index (κ3) is 1.69. The lowest BCUT2D eigenvalue weighted by atomic mass is 9.85. The fourth-order valence-corrected chi connectivity index (χ4v) is 2.34. The molecule has 2 rings (SSSR count). The van der Waals surface area contributed by atoms with E-state index in [0.717, 1.165) is 0 Å². The maximum atomic E-state index is 11.9. The SMILES string of the molecule is C[C@@H](N)CN1C(=O)[C@H]2CC=CC[C@H]2C1=O. The van der Waals surface area contributed by atoms with Crippen molar-refractivity contribution in [2.45, 2.75) is 25.8 Å². The molecule has 0 spiro atoms. The van der Waals surface area contributed by atoms with Crippen molar-refractivity contribution in [1.29, 1.82) is 0 Å². The van der Waals surface area contributed by atoms with Gasteiger partial charge in [-0.2, -0.15) is 0 Å². The number of nitrogens with zero attached hydrogens (tertiary/aromatic N) is 1. The van der Waals surface area contributed by atoms with Crippen molar-refractivity contribution in [2.24, 2.45) is 17.6 Å². The molecule has 82 valence electrons. The van der Waals surface area contributed by atoms with E-state index in [2.05, 4.69) is 0 Å². The molecule has 1 saturated heterocycles. The van der Waals surface area contributed by atoms with Gasteiger partial charge in [0.15, 0.2) is 0 Å². The zero-order valence-electron chi connectivity index (χ0n) is 8.85. The Morgan fingerprint density at radius 1 is 1.33 bits per heavy atom. The number of allylic oxidation sites excluding steroid dienone is 2. The third-order valence-electron chi connectivity index (χ3n) is 3.07. The Kier molecular flexibility index (Phi) is 2.61. The van der Waals surface area contributed by atoms with Crippen molar-refractivity contribution in [3.8, 4) is 0 Å². The van der Waals surface area contributed by atoms with E-state index >= 15 is 0 Å². The number of likely N-dealkylation sites (tertiary alicyclic amines) is 1. The first-order valence-electron chi connectivity index (χ1n) is 5.37. The minimum Gasteiger partial charge on any atom is -0.326 e. The second-order valence-electron chi connectivity index (χ2n) is 4.42. The Bertz CT molecular complexity index is 297. The van der Waals surface area contributed by atoms with Gasteiger partial charge in [0.2, 0.25) is 11.8 Å². The van der Waals surface area contributed by atoms with Gasteiger partial charge in [0.05, 0.1) is 11.8 Å². The van der Waals surface area contributed by atoms with E-state index in [0.29, 0.717) is 19.4 Å². The molecule has 4 heteroatoms. The second-order valence-corrected chi connectivity index (χ2v) is 4.42. The van der Waals surface area contributed by atoms with E-state index < -0.39 is 0 Å². The minimum atomic E-state index is -0.147. The molecular formula is C11H16N2O2. The molecule has 2 aliphatic rings. The molecule has 0 unspecified atom stereocenters. The number of rotatable bonds is 2. The zero-order valence-corrected chi connectivity index (χ0v) is 8.85. The molecule has 0 aromatic rings. The van der Waals surface area contributed by atoms with Gasteiger partial charge in [-0.15, -0.1) is 0 Å². The Hall–Kier alpha value is -1.16. The van der Waals surface area contributed by atoms with E-state index in [-0.39, 0.29) is 29.7 Å². The van der Waals surface area contributed by atoms with Crippen molar-refractivity contribution in [1.82, 2.24) is 4.90 Å². The Labute approximate surface area is 89.1 Å². The van der Waals surface area contributed by atoms with Crippen LogP contribution in [0.2, 0.25) is 0 Å². The molecule has 0 aromatic heterocycles. The van der Waals surface area contributed by atoms with Crippen LogP contribution in [0.15, 0.2) is 12.2 Å². The van der Waals surface area contributed by atoms with Gasteiger partial charge in [0.25, 0.3) is 0 Å². The molecule has 1 heterocycles. The Morgan fingerprint density at radius 2 is 1.80 bits per heavy atom. The number of hydrogen-bond acceptors (Lipinski definition) is 3. The summed E-state index contributed by atoms with van der Waals surface area (Å²) >= 11 is 0.